The van der Waals surface area contributed by atoms with E-state index in [2.05, 4.69) is 5.32 Å². The second kappa shape index (κ2) is 6.56. The van der Waals surface area contributed by atoms with Crippen molar-refractivity contribution in [1.82, 2.24) is 10.2 Å². The van der Waals surface area contributed by atoms with Crippen molar-refractivity contribution in [3.63, 3.8) is 0 Å². The molecule has 1 aliphatic rings. The van der Waals surface area contributed by atoms with Gasteiger partial charge in [-0.15, -0.1) is 0 Å². The number of benzene rings is 1. The molecule has 1 aliphatic heterocycles. The molecule has 1 fully saturated rings. The molecule has 114 valence electrons. The number of halogens is 1. The van der Waals surface area contributed by atoms with Gasteiger partial charge in [-0.2, -0.15) is 0 Å². The van der Waals surface area contributed by atoms with E-state index in [0.29, 0.717) is 38.2 Å². The van der Waals surface area contributed by atoms with E-state index in [0.717, 1.165) is 0 Å². The Morgan fingerprint density at radius 2 is 2.05 bits per heavy atom. The van der Waals surface area contributed by atoms with Crippen molar-refractivity contribution in [2.24, 2.45) is 5.92 Å². The topological polar surface area (TPSA) is 75.4 Å². The maximum atomic E-state index is 13.7. The van der Waals surface area contributed by atoms with Crippen LogP contribution in [0.25, 0.3) is 0 Å². The third kappa shape index (κ3) is 3.51. The fraction of sp³-hybridized carbons (Fsp3) is 0.467. The minimum Gasteiger partial charge on any atom is -0.399 e. The average Bonchev–Trinajstić information content (AvgIpc) is 2.49. The van der Waals surface area contributed by atoms with Crippen LogP contribution in [0.4, 0.5) is 10.1 Å². The Labute approximate surface area is 123 Å². The Morgan fingerprint density at radius 1 is 1.38 bits per heavy atom. The highest BCUT2D eigenvalue weighted by Crippen LogP contribution is 2.21. The van der Waals surface area contributed by atoms with Crippen molar-refractivity contribution < 1.29 is 14.0 Å². The molecule has 1 aromatic rings. The van der Waals surface area contributed by atoms with E-state index in [1.807, 2.05) is 6.92 Å². The molecule has 0 spiro atoms. The highest BCUT2D eigenvalue weighted by Gasteiger charge is 2.28. The van der Waals surface area contributed by atoms with E-state index in [-0.39, 0.29) is 23.3 Å². The zero-order valence-electron chi connectivity index (χ0n) is 12.1. The number of nitrogen functional groups attached to an aromatic ring is 1. The van der Waals surface area contributed by atoms with Crippen LogP contribution < -0.4 is 11.1 Å². The zero-order valence-corrected chi connectivity index (χ0v) is 12.1. The normalized spacial score (nSPS) is 15.8. The molecule has 0 aromatic heterocycles. The van der Waals surface area contributed by atoms with Gasteiger partial charge in [0.1, 0.15) is 5.82 Å². The number of amides is 2. The summed E-state index contributed by atoms with van der Waals surface area (Å²) in [6.45, 7) is 3.38. The lowest BCUT2D eigenvalue weighted by Crippen LogP contribution is -2.43. The van der Waals surface area contributed by atoms with Gasteiger partial charge in [0.05, 0.1) is 5.56 Å². The second-order valence-corrected chi connectivity index (χ2v) is 5.20. The SMILES string of the molecule is CCNC(=O)C1CCN(C(=O)c2cc(N)ccc2F)CC1. The quantitative estimate of drug-likeness (QED) is 0.827. The number of likely N-dealkylation sites (tertiary alicyclic amines) is 1. The van der Waals surface area contributed by atoms with E-state index in [1.54, 1.807) is 4.90 Å². The van der Waals surface area contributed by atoms with Gasteiger partial charge in [-0.25, -0.2) is 4.39 Å². The van der Waals surface area contributed by atoms with Crippen LogP contribution >= 0.6 is 0 Å². The smallest absolute Gasteiger partial charge is 0.256 e. The number of hydrogen-bond acceptors (Lipinski definition) is 3. The van der Waals surface area contributed by atoms with Crippen molar-refractivity contribution in [3.05, 3.63) is 29.6 Å². The molecular formula is C15H20FN3O2. The molecule has 3 N–H and O–H groups in total. The van der Waals surface area contributed by atoms with E-state index in [1.165, 1.54) is 18.2 Å². The summed E-state index contributed by atoms with van der Waals surface area (Å²) in [6, 6.07) is 3.98. The number of piperidine rings is 1. The van der Waals surface area contributed by atoms with Crippen molar-refractivity contribution in [2.45, 2.75) is 19.8 Å². The standard InChI is InChI=1S/C15H20FN3O2/c1-2-18-14(20)10-5-7-19(8-6-10)15(21)12-9-11(17)3-4-13(12)16/h3-4,9-10H,2,5-8,17H2,1H3,(H,18,20). The van der Waals surface area contributed by atoms with Crippen LogP contribution in [0.15, 0.2) is 18.2 Å². The molecule has 0 aliphatic carbocycles. The molecule has 1 heterocycles. The number of rotatable bonds is 3. The van der Waals surface area contributed by atoms with Crippen LogP contribution in [0, 0.1) is 11.7 Å². The summed E-state index contributed by atoms with van der Waals surface area (Å²) >= 11 is 0. The fourth-order valence-corrected chi connectivity index (χ4v) is 2.54. The van der Waals surface area contributed by atoms with Crippen molar-refractivity contribution >= 4 is 17.5 Å². The summed E-state index contributed by atoms with van der Waals surface area (Å²) < 4.78 is 13.7. The van der Waals surface area contributed by atoms with Gasteiger partial charge < -0.3 is 16.0 Å². The van der Waals surface area contributed by atoms with E-state index in [9.17, 15) is 14.0 Å². The molecular weight excluding hydrogens is 273 g/mol. The predicted octanol–water partition coefficient (Wildman–Crippen LogP) is 1.40. The molecule has 21 heavy (non-hydrogen) atoms. The summed E-state index contributed by atoms with van der Waals surface area (Å²) in [5.41, 5.74) is 5.95. The lowest BCUT2D eigenvalue weighted by molar-refractivity contribution is -0.126. The maximum absolute atomic E-state index is 13.7. The van der Waals surface area contributed by atoms with Gasteiger partial charge in [0.15, 0.2) is 0 Å². The summed E-state index contributed by atoms with van der Waals surface area (Å²) in [4.78, 5) is 25.6. The number of nitrogens with two attached hydrogens (primary N) is 1. The maximum Gasteiger partial charge on any atom is 0.256 e. The van der Waals surface area contributed by atoms with E-state index in [4.69, 9.17) is 5.73 Å². The molecule has 1 aromatic carbocycles. The van der Waals surface area contributed by atoms with Crippen LogP contribution in [0.3, 0.4) is 0 Å². The summed E-state index contributed by atoms with van der Waals surface area (Å²) in [5, 5.41) is 2.79. The summed E-state index contributed by atoms with van der Waals surface area (Å²) in [5.74, 6) is -0.978. The highest BCUT2D eigenvalue weighted by molar-refractivity contribution is 5.95. The first-order valence-corrected chi connectivity index (χ1v) is 7.15. The molecule has 1 saturated heterocycles. The van der Waals surface area contributed by atoms with Crippen molar-refractivity contribution in [2.75, 3.05) is 25.4 Å². The minimum atomic E-state index is -0.569. The summed E-state index contributed by atoms with van der Waals surface area (Å²) in [6.07, 6.45) is 1.20. The molecule has 0 saturated carbocycles. The lowest BCUT2D eigenvalue weighted by atomic mass is 9.95. The van der Waals surface area contributed by atoms with Gasteiger partial charge in [-0.05, 0) is 38.0 Å². The monoisotopic (exact) mass is 293 g/mol. The van der Waals surface area contributed by atoms with Crippen LogP contribution in [-0.2, 0) is 4.79 Å². The van der Waals surface area contributed by atoms with Gasteiger partial charge in [-0.1, -0.05) is 0 Å². The highest BCUT2D eigenvalue weighted by atomic mass is 19.1. The first-order valence-electron chi connectivity index (χ1n) is 7.15. The van der Waals surface area contributed by atoms with Gasteiger partial charge in [0.25, 0.3) is 5.91 Å². The Morgan fingerprint density at radius 3 is 2.67 bits per heavy atom. The first-order chi connectivity index (χ1) is 10.0. The molecule has 2 rings (SSSR count). The van der Waals surface area contributed by atoms with Crippen LogP contribution in [0.1, 0.15) is 30.1 Å². The second-order valence-electron chi connectivity index (χ2n) is 5.20. The van der Waals surface area contributed by atoms with Gasteiger partial charge in [0.2, 0.25) is 5.91 Å². The third-order valence-electron chi connectivity index (χ3n) is 3.72. The number of carbonyl (C=O) groups is 2. The zero-order chi connectivity index (χ0) is 15.4. The third-order valence-corrected chi connectivity index (χ3v) is 3.72. The lowest BCUT2D eigenvalue weighted by Gasteiger charge is -2.31. The van der Waals surface area contributed by atoms with Gasteiger partial charge in [-0.3, -0.25) is 9.59 Å². The van der Waals surface area contributed by atoms with Crippen molar-refractivity contribution in [1.29, 1.82) is 0 Å². The predicted molar refractivity (Wildman–Crippen MR) is 78.1 cm³/mol. The first kappa shape index (κ1) is 15.3. The molecule has 0 unspecified atom stereocenters. The molecule has 0 bridgehead atoms. The number of hydrogen-bond donors (Lipinski definition) is 2. The molecule has 6 heteroatoms. The van der Waals surface area contributed by atoms with E-state index < -0.39 is 5.82 Å². The minimum absolute atomic E-state index is 0.00791. The number of carbonyl (C=O) groups excluding carboxylic acids is 2. The Kier molecular flexibility index (Phi) is 4.77. The number of nitrogens with zero attached hydrogens (tertiary/aromatic N) is 1. The fourth-order valence-electron chi connectivity index (χ4n) is 2.54. The Balaban J connectivity index is 2.00. The summed E-state index contributed by atoms with van der Waals surface area (Å²) in [7, 11) is 0. The average molecular weight is 293 g/mol. The van der Waals surface area contributed by atoms with Gasteiger partial charge in [0, 0.05) is 31.2 Å². The van der Waals surface area contributed by atoms with Crippen LogP contribution in [-0.4, -0.2) is 36.3 Å². The Hall–Kier alpha value is -2.11. The van der Waals surface area contributed by atoms with Crippen LogP contribution in [0.5, 0.6) is 0 Å². The Bertz CT molecular complexity index is 540. The molecule has 5 nitrogen and oxygen atoms in total. The molecule has 0 radical (unpaired) electrons. The van der Waals surface area contributed by atoms with Crippen LogP contribution in [0.2, 0.25) is 0 Å². The largest absolute Gasteiger partial charge is 0.399 e. The van der Waals surface area contributed by atoms with Gasteiger partial charge >= 0.3 is 0 Å². The molecule has 0 atom stereocenters. The molecule has 2 amide bonds. The number of anilines is 1. The van der Waals surface area contributed by atoms with E-state index >= 15 is 0 Å². The van der Waals surface area contributed by atoms with Crippen molar-refractivity contribution in [3.8, 4) is 0 Å². The number of nitrogens with one attached hydrogen (secondary N) is 1.